The second-order valence-corrected chi connectivity index (χ2v) is 3.46. The quantitative estimate of drug-likeness (QED) is 0.661. The smallest absolute Gasteiger partial charge is 0.142 e. The number of rotatable bonds is 2. The van der Waals surface area contributed by atoms with E-state index in [-0.39, 0.29) is 0 Å². The molecule has 0 radical (unpaired) electrons. The zero-order valence-corrected chi connectivity index (χ0v) is 7.67. The SMILES string of the molecule is ClCc1ncnn1C1CCCC1. The summed E-state index contributed by atoms with van der Waals surface area (Å²) in [6, 6.07) is 0.557. The zero-order valence-electron chi connectivity index (χ0n) is 6.91. The minimum absolute atomic E-state index is 0.469. The van der Waals surface area contributed by atoms with Gasteiger partial charge in [0.2, 0.25) is 0 Å². The Labute approximate surface area is 76.7 Å². The van der Waals surface area contributed by atoms with Gasteiger partial charge in [0.1, 0.15) is 12.2 Å². The first-order valence-electron chi connectivity index (χ1n) is 4.36. The van der Waals surface area contributed by atoms with Crippen molar-refractivity contribution in [2.75, 3.05) is 0 Å². The van der Waals surface area contributed by atoms with E-state index in [2.05, 4.69) is 10.1 Å². The molecule has 12 heavy (non-hydrogen) atoms. The van der Waals surface area contributed by atoms with E-state index in [0.717, 1.165) is 5.82 Å². The van der Waals surface area contributed by atoms with Crippen molar-refractivity contribution >= 4 is 11.6 Å². The summed E-state index contributed by atoms with van der Waals surface area (Å²) in [5, 5.41) is 4.19. The minimum Gasteiger partial charge on any atom is -0.246 e. The van der Waals surface area contributed by atoms with E-state index in [1.54, 1.807) is 6.33 Å². The molecule has 0 bridgehead atoms. The molecule has 3 nitrogen and oxygen atoms in total. The fraction of sp³-hybridized carbons (Fsp3) is 0.750. The molecule has 0 N–H and O–H groups in total. The summed E-state index contributed by atoms with van der Waals surface area (Å²) in [6.45, 7) is 0. The van der Waals surface area contributed by atoms with E-state index in [9.17, 15) is 0 Å². The Hall–Kier alpha value is -0.570. The third kappa shape index (κ3) is 1.33. The van der Waals surface area contributed by atoms with Crippen LogP contribution in [0.4, 0.5) is 0 Å². The molecule has 1 aromatic rings. The highest BCUT2D eigenvalue weighted by atomic mass is 35.5. The van der Waals surface area contributed by atoms with E-state index >= 15 is 0 Å². The maximum absolute atomic E-state index is 5.73. The first kappa shape index (κ1) is 8.05. The number of hydrogen-bond acceptors (Lipinski definition) is 2. The lowest BCUT2D eigenvalue weighted by atomic mass is 10.2. The molecule has 0 unspecified atom stereocenters. The molecule has 0 spiro atoms. The van der Waals surface area contributed by atoms with Gasteiger partial charge < -0.3 is 0 Å². The molecular weight excluding hydrogens is 174 g/mol. The van der Waals surface area contributed by atoms with Crippen LogP contribution in [0.5, 0.6) is 0 Å². The van der Waals surface area contributed by atoms with Crippen LogP contribution in [0.15, 0.2) is 6.33 Å². The molecule has 0 amide bonds. The first-order chi connectivity index (χ1) is 5.92. The highest BCUT2D eigenvalue weighted by Crippen LogP contribution is 2.29. The van der Waals surface area contributed by atoms with Gasteiger partial charge in [-0.05, 0) is 12.8 Å². The summed E-state index contributed by atoms with van der Waals surface area (Å²) >= 11 is 5.73. The average molecular weight is 186 g/mol. The Balaban J connectivity index is 2.19. The fourth-order valence-electron chi connectivity index (χ4n) is 1.82. The average Bonchev–Trinajstić information content (AvgIpc) is 2.74. The summed E-state index contributed by atoms with van der Waals surface area (Å²) in [5.41, 5.74) is 0. The molecular formula is C8H12ClN3. The summed E-state index contributed by atoms with van der Waals surface area (Å²) in [5.74, 6) is 1.37. The van der Waals surface area contributed by atoms with Crippen LogP contribution >= 0.6 is 11.6 Å². The van der Waals surface area contributed by atoms with Gasteiger partial charge >= 0.3 is 0 Å². The molecule has 0 atom stereocenters. The van der Waals surface area contributed by atoms with Gasteiger partial charge in [-0.15, -0.1) is 11.6 Å². The highest BCUT2D eigenvalue weighted by molar-refractivity contribution is 6.16. The zero-order chi connectivity index (χ0) is 8.39. The van der Waals surface area contributed by atoms with Crippen molar-refractivity contribution in [3.8, 4) is 0 Å². The molecule has 1 saturated carbocycles. The van der Waals surface area contributed by atoms with Crippen molar-refractivity contribution in [2.24, 2.45) is 0 Å². The number of alkyl halides is 1. The highest BCUT2D eigenvalue weighted by Gasteiger charge is 2.19. The van der Waals surface area contributed by atoms with E-state index in [4.69, 9.17) is 11.6 Å². The Morgan fingerprint density at radius 3 is 2.92 bits per heavy atom. The second kappa shape index (κ2) is 3.44. The molecule has 4 heteroatoms. The lowest BCUT2D eigenvalue weighted by Gasteiger charge is -2.10. The first-order valence-corrected chi connectivity index (χ1v) is 4.89. The standard InChI is InChI=1S/C8H12ClN3/c9-5-8-10-6-11-12(8)7-3-1-2-4-7/h6-7H,1-5H2. The Bertz CT molecular complexity index is 253. The van der Waals surface area contributed by atoms with Gasteiger partial charge in [-0.3, -0.25) is 0 Å². The maximum Gasteiger partial charge on any atom is 0.142 e. The topological polar surface area (TPSA) is 30.7 Å². The van der Waals surface area contributed by atoms with Crippen molar-refractivity contribution in [3.05, 3.63) is 12.2 Å². The minimum atomic E-state index is 0.469. The van der Waals surface area contributed by atoms with E-state index in [1.807, 2.05) is 4.68 Å². The summed E-state index contributed by atoms with van der Waals surface area (Å²) in [4.78, 5) is 4.10. The monoisotopic (exact) mass is 185 g/mol. The van der Waals surface area contributed by atoms with Crippen LogP contribution < -0.4 is 0 Å². The van der Waals surface area contributed by atoms with Crippen molar-refractivity contribution in [1.82, 2.24) is 14.8 Å². The fourth-order valence-corrected chi connectivity index (χ4v) is 2.01. The predicted molar refractivity (Wildman–Crippen MR) is 47.1 cm³/mol. The van der Waals surface area contributed by atoms with Crippen LogP contribution in [0.1, 0.15) is 37.5 Å². The van der Waals surface area contributed by atoms with Crippen LogP contribution in [0.2, 0.25) is 0 Å². The molecule has 2 rings (SSSR count). The molecule has 0 saturated heterocycles. The predicted octanol–water partition coefficient (Wildman–Crippen LogP) is 2.13. The second-order valence-electron chi connectivity index (χ2n) is 3.19. The Kier molecular flexibility index (Phi) is 2.30. The van der Waals surface area contributed by atoms with Crippen LogP contribution in [0, 0.1) is 0 Å². The van der Waals surface area contributed by atoms with Crippen LogP contribution in [-0.4, -0.2) is 14.8 Å². The largest absolute Gasteiger partial charge is 0.246 e. The molecule has 1 aliphatic carbocycles. The lowest BCUT2D eigenvalue weighted by molar-refractivity contribution is 0.453. The third-order valence-electron chi connectivity index (χ3n) is 2.44. The van der Waals surface area contributed by atoms with Crippen molar-refractivity contribution in [1.29, 1.82) is 0 Å². The van der Waals surface area contributed by atoms with Crippen LogP contribution in [-0.2, 0) is 5.88 Å². The van der Waals surface area contributed by atoms with Gasteiger partial charge in [0, 0.05) is 0 Å². The molecule has 1 aromatic heterocycles. The number of halogens is 1. The summed E-state index contributed by atoms with van der Waals surface area (Å²) in [6.07, 6.45) is 6.68. The van der Waals surface area contributed by atoms with Gasteiger partial charge in [0.25, 0.3) is 0 Å². The van der Waals surface area contributed by atoms with Gasteiger partial charge in [-0.2, -0.15) is 5.10 Å². The normalized spacial score (nSPS) is 18.8. The van der Waals surface area contributed by atoms with Crippen molar-refractivity contribution in [3.63, 3.8) is 0 Å². The number of aromatic nitrogens is 3. The van der Waals surface area contributed by atoms with E-state index in [1.165, 1.54) is 25.7 Å². The summed E-state index contributed by atoms with van der Waals surface area (Å²) in [7, 11) is 0. The lowest BCUT2D eigenvalue weighted by Crippen LogP contribution is -2.09. The van der Waals surface area contributed by atoms with Gasteiger partial charge in [0.05, 0.1) is 11.9 Å². The number of nitrogens with zero attached hydrogens (tertiary/aromatic N) is 3. The Morgan fingerprint density at radius 2 is 2.25 bits per heavy atom. The van der Waals surface area contributed by atoms with E-state index < -0.39 is 0 Å². The molecule has 66 valence electrons. The third-order valence-corrected chi connectivity index (χ3v) is 2.68. The van der Waals surface area contributed by atoms with Crippen LogP contribution in [0.25, 0.3) is 0 Å². The van der Waals surface area contributed by atoms with Crippen molar-refractivity contribution in [2.45, 2.75) is 37.6 Å². The molecule has 0 aliphatic heterocycles. The summed E-state index contributed by atoms with van der Waals surface area (Å²) < 4.78 is 1.99. The molecule has 1 fully saturated rings. The number of hydrogen-bond donors (Lipinski definition) is 0. The maximum atomic E-state index is 5.73. The van der Waals surface area contributed by atoms with Crippen LogP contribution in [0.3, 0.4) is 0 Å². The van der Waals surface area contributed by atoms with Gasteiger partial charge in [-0.25, -0.2) is 9.67 Å². The Morgan fingerprint density at radius 1 is 1.50 bits per heavy atom. The molecule has 1 aliphatic rings. The van der Waals surface area contributed by atoms with Crippen molar-refractivity contribution < 1.29 is 0 Å². The molecule has 1 heterocycles. The molecule has 0 aromatic carbocycles. The van der Waals surface area contributed by atoms with E-state index in [0.29, 0.717) is 11.9 Å². The van der Waals surface area contributed by atoms with Gasteiger partial charge in [-0.1, -0.05) is 12.8 Å². The van der Waals surface area contributed by atoms with Gasteiger partial charge in [0.15, 0.2) is 0 Å².